The number of anilines is 1. The van der Waals surface area contributed by atoms with E-state index in [1.807, 2.05) is 17.0 Å². The van der Waals surface area contributed by atoms with Gasteiger partial charge in [-0.3, -0.25) is 9.79 Å². The second kappa shape index (κ2) is 13.0. The summed E-state index contributed by atoms with van der Waals surface area (Å²) in [6.07, 6.45) is 4.93. The van der Waals surface area contributed by atoms with Crippen molar-refractivity contribution in [2.75, 3.05) is 44.9 Å². The average Bonchev–Trinajstić information content (AvgIpc) is 3.24. The zero-order valence-corrected chi connectivity index (χ0v) is 19.5. The van der Waals surface area contributed by atoms with Crippen LogP contribution in [-0.4, -0.2) is 57.9 Å². The van der Waals surface area contributed by atoms with Gasteiger partial charge in [0.1, 0.15) is 0 Å². The van der Waals surface area contributed by atoms with Gasteiger partial charge in [0.05, 0.1) is 12.7 Å². The largest absolute Gasteiger partial charge is 0.379 e. The maximum Gasteiger partial charge on any atom is 0.226 e. The second-order valence-electron chi connectivity index (χ2n) is 7.23. The van der Waals surface area contributed by atoms with E-state index >= 15 is 0 Å². The molecule has 0 bridgehead atoms. The third kappa shape index (κ3) is 7.75. The van der Waals surface area contributed by atoms with Gasteiger partial charge in [-0.05, 0) is 43.4 Å². The Morgan fingerprint density at radius 1 is 1.28 bits per heavy atom. The first-order valence-electron chi connectivity index (χ1n) is 10.3. The summed E-state index contributed by atoms with van der Waals surface area (Å²) in [5, 5.41) is 6.63. The first-order chi connectivity index (χ1) is 13.8. The van der Waals surface area contributed by atoms with E-state index in [1.54, 1.807) is 7.05 Å². The Labute approximate surface area is 190 Å². The number of hydrogen-bond donors (Lipinski definition) is 2. The molecule has 29 heavy (non-hydrogen) atoms. The first-order valence-corrected chi connectivity index (χ1v) is 10.3. The van der Waals surface area contributed by atoms with Gasteiger partial charge >= 0.3 is 0 Å². The van der Waals surface area contributed by atoms with Crippen molar-refractivity contribution in [3.05, 3.63) is 29.8 Å². The number of halogens is 1. The minimum atomic E-state index is 0. The molecule has 1 unspecified atom stereocenters. The van der Waals surface area contributed by atoms with Crippen LogP contribution in [0.2, 0.25) is 0 Å². The van der Waals surface area contributed by atoms with Gasteiger partial charge < -0.3 is 25.0 Å². The molecule has 2 N–H and O–H groups in total. The van der Waals surface area contributed by atoms with Gasteiger partial charge in [0, 0.05) is 52.0 Å². The molecule has 8 heteroatoms. The quantitative estimate of drug-likeness (QED) is 0.241. The van der Waals surface area contributed by atoms with E-state index in [0.717, 1.165) is 75.8 Å². The van der Waals surface area contributed by atoms with Crippen LogP contribution in [-0.2, 0) is 20.8 Å². The number of aliphatic imine (C=N–C) groups is 1. The molecule has 2 fully saturated rings. The van der Waals surface area contributed by atoms with E-state index in [4.69, 9.17) is 9.47 Å². The lowest BCUT2D eigenvalue weighted by Gasteiger charge is -2.26. The smallest absolute Gasteiger partial charge is 0.226 e. The predicted octanol–water partition coefficient (Wildman–Crippen LogP) is 2.68. The van der Waals surface area contributed by atoms with Crippen LogP contribution in [0.1, 0.15) is 37.7 Å². The molecule has 0 aromatic heterocycles. The molecule has 1 aromatic carbocycles. The molecule has 1 atom stereocenters. The maximum atomic E-state index is 12.0. The highest BCUT2D eigenvalue weighted by Crippen LogP contribution is 2.21. The maximum absolute atomic E-state index is 12.0. The standard InChI is InChI=1S/C21H32N4O3.HI/c1-22-21(23-11-4-13-28-19-10-14-27-16-19)24-15-17-6-8-18(9-7-17)25-12-3-2-5-20(25)26;/h6-9,19H,2-5,10-16H2,1H3,(H2,22,23,24);1H. The van der Waals surface area contributed by atoms with E-state index in [9.17, 15) is 4.79 Å². The van der Waals surface area contributed by atoms with Crippen LogP contribution in [0.4, 0.5) is 5.69 Å². The molecule has 2 heterocycles. The van der Waals surface area contributed by atoms with Crippen LogP contribution in [0.25, 0.3) is 0 Å². The molecule has 2 aliphatic heterocycles. The van der Waals surface area contributed by atoms with Crippen LogP contribution < -0.4 is 15.5 Å². The lowest BCUT2D eigenvalue weighted by molar-refractivity contribution is -0.119. The van der Waals surface area contributed by atoms with Gasteiger partial charge in [-0.25, -0.2) is 0 Å². The Balaban J connectivity index is 0.00000300. The number of hydrogen-bond acceptors (Lipinski definition) is 4. The summed E-state index contributed by atoms with van der Waals surface area (Å²) in [5.74, 6) is 1.01. The topological polar surface area (TPSA) is 75.2 Å². The van der Waals surface area contributed by atoms with Crippen molar-refractivity contribution in [2.24, 2.45) is 4.99 Å². The highest BCUT2D eigenvalue weighted by atomic mass is 127. The van der Waals surface area contributed by atoms with E-state index in [2.05, 4.69) is 27.8 Å². The Hall–Kier alpha value is -1.39. The second-order valence-corrected chi connectivity index (χ2v) is 7.23. The molecular formula is C21H33IN4O3. The van der Waals surface area contributed by atoms with Gasteiger partial charge in [-0.15, -0.1) is 24.0 Å². The molecule has 0 saturated carbocycles. The SMILES string of the molecule is CN=C(NCCCOC1CCOC1)NCc1ccc(N2CCCCC2=O)cc1.I. The van der Waals surface area contributed by atoms with E-state index < -0.39 is 0 Å². The van der Waals surface area contributed by atoms with E-state index in [0.29, 0.717) is 13.0 Å². The fraction of sp³-hybridized carbons (Fsp3) is 0.619. The van der Waals surface area contributed by atoms with Crippen LogP contribution in [0.5, 0.6) is 0 Å². The number of piperidine rings is 1. The number of carbonyl (C=O) groups is 1. The third-order valence-corrected chi connectivity index (χ3v) is 5.11. The fourth-order valence-corrected chi connectivity index (χ4v) is 3.45. The Kier molecular flexibility index (Phi) is 10.7. The Morgan fingerprint density at radius 2 is 2.10 bits per heavy atom. The lowest BCUT2D eigenvalue weighted by atomic mass is 10.1. The molecular weight excluding hydrogens is 483 g/mol. The minimum Gasteiger partial charge on any atom is -0.379 e. The normalized spacial score (nSPS) is 19.8. The molecule has 7 nitrogen and oxygen atoms in total. The molecule has 162 valence electrons. The fourth-order valence-electron chi connectivity index (χ4n) is 3.45. The molecule has 0 spiro atoms. The van der Waals surface area contributed by atoms with Crippen molar-refractivity contribution >= 4 is 41.5 Å². The van der Waals surface area contributed by atoms with Gasteiger partial charge in [-0.1, -0.05) is 12.1 Å². The van der Waals surface area contributed by atoms with Gasteiger partial charge in [-0.2, -0.15) is 0 Å². The van der Waals surface area contributed by atoms with Crippen molar-refractivity contribution < 1.29 is 14.3 Å². The zero-order chi connectivity index (χ0) is 19.6. The highest BCUT2D eigenvalue weighted by Gasteiger charge is 2.19. The third-order valence-electron chi connectivity index (χ3n) is 5.11. The summed E-state index contributed by atoms with van der Waals surface area (Å²) in [6.45, 7) is 4.59. The summed E-state index contributed by atoms with van der Waals surface area (Å²) in [4.78, 5) is 18.2. The number of nitrogens with one attached hydrogen (secondary N) is 2. The number of benzene rings is 1. The first kappa shape index (κ1) is 23.9. The van der Waals surface area contributed by atoms with Crippen LogP contribution >= 0.6 is 24.0 Å². The zero-order valence-electron chi connectivity index (χ0n) is 17.2. The van der Waals surface area contributed by atoms with Crippen molar-refractivity contribution in [3.8, 4) is 0 Å². The van der Waals surface area contributed by atoms with Gasteiger partial charge in [0.25, 0.3) is 0 Å². The van der Waals surface area contributed by atoms with Gasteiger partial charge in [0.2, 0.25) is 5.91 Å². The van der Waals surface area contributed by atoms with Crippen LogP contribution in [0.15, 0.2) is 29.3 Å². The average molecular weight is 516 g/mol. The summed E-state index contributed by atoms with van der Waals surface area (Å²) >= 11 is 0. The van der Waals surface area contributed by atoms with Crippen molar-refractivity contribution in [3.63, 3.8) is 0 Å². The summed E-state index contributed by atoms with van der Waals surface area (Å²) < 4.78 is 11.1. The number of ether oxygens (including phenoxy) is 2. The van der Waals surface area contributed by atoms with E-state index in [-0.39, 0.29) is 36.0 Å². The lowest BCUT2D eigenvalue weighted by Crippen LogP contribution is -2.37. The summed E-state index contributed by atoms with van der Waals surface area (Å²) in [5.41, 5.74) is 2.14. The Bertz CT molecular complexity index is 648. The highest BCUT2D eigenvalue weighted by molar-refractivity contribution is 14.0. The van der Waals surface area contributed by atoms with Crippen LogP contribution in [0.3, 0.4) is 0 Å². The molecule has 0 aliphatic carbocycles. The molecule has 2 saturated heterocycles. The summed E-state index contributed by atoms with van der Waals surface area (Å²) in [7, 11) is 1.77. The van der Waals surface area contributed by atoms with E-state index in [1.165, 1.54) is 0 Å². The van der Waals surface area contributed by atoms with Crippen LogP contribution in [0, 0.1) is 0 Å². The predicted molar refractivity (Wildman–Crippen MR) is 126 cm³/mol. The molecule has 1 amide bonds. The number of amides is 1. The minimum absolute atomic E-state index is 0. The molecule has 1 aromatic rings. The van der Waals surface area contributed by atoms with Crippen molar-refractivity contribution in [1.29, 1.82) is 0 Å². The number of nitrogens with zero attached hydrogens (tertiary/aromatic N) is 2. The van der Waals surface area contributed by atoms with Gasteiger partial charge in [0.15, 0.2) is 5.96 Å². The molecule has 2 aliphatic rings. The van der Waals surface area contributed by atoms with Crippen molar-refractivity contribution in [1.82, 2.24) is 10.6 Å². The van der Waals surface area contributed by atoms with Crippen molar-refractivity contribution in [2.45, 2.75) is 44.8 Å². The molecule has 3 rings (SSSR count). The molecule has 0 radical (unpaired) electrons. The number of guanidine groups is 1. The summed E-state index contributed by atoms with van der Waals surface area (Å²) in [6, 6.07) is 8.19. The monoisotopic (exact) mass is 516 g/mol. The number of rotatable bonds is 8. The number of carbonyl (C=O) groups excluding carboxylic acids is 1. The Morgan fingerprint density at radius 3 is 2.79 bits per heavy atom.